The first-order chi connectivity index (χ1) is 13.0. The number of aryl methyl sites for hydroxylation is 1. The van der Waals surface area contributed by atoms with E-state index in [1.54, 1.807) is 4.90 Å². The van der Waals surface area contributed by atoms with Crippen LogP contribution >= 0.6 is 0 Å². The van der Waals surface area contributed by atoms with E-state index in [0.717, 1.165) is 37.3 Å². The number of carbonyl (C=O) groups excluding carboxylic acids is 1. The van der Waals surface area contributed by atoms with Crippen molar-refractivity contribution in [3.8, 4) is 0 Å². The summed E-state index contributed by atoms with van der Waals surface area (Å²) in [4.78, 5) is 34.9. The van der Waals surface area contributed by atoms with Gasteiger partial charge in [-0.15, -0.1) is 0 Å². The van der Waals surface area contributed by atoms with E-state index in [1.807, 2.05) is 49.0 Å². The first kappa shape index (κ1) is 17.9. The fraction of sp³-hybridized carbons (Fsp3) is 0.476. The van der Waals surface area contributed by atoms with Gasteiger partial charge in [0.2, 0.25) is 0 Å². The molecular weight excluding hydrogens is 340 g/mol. The van der Waals surface area contributed by atoms with Gasteiger partial charge < -0.3 is 9.80 Å². The number of nitrogens with zero attached hydrogens (tertiary/aromatic N) is 4. The smallest absolute Gasteiger partial charge is 0.259 e. The van der Waals surface area contributed by atoms with E-state index in [2.05, 4.69) is 4.90 Å². The first-order valence-corrected chi connectivity index (χ1v) is 9.67. The van der Waals surface area contributed by atoms with Crippen LogP contribution < -0.4 is 5.56 Å². The van der Waals surface area contributed by atoms with Gasteiger partial charge in [-0.3, -0.25) is 14.2 Å². The molecule has 0 unspecified atom stereocenters. The molecule has 0 spiro atoms. The van der Waals surface area contributed by atoms with Crippen molar-refractivity contribution in [3.05, 3.63) is 63.3 Å². The van der Waals surface area contributed by atoms with Crippen molar-refractivity contribution in [2.75, 3.05) is 27.2 Å². The highest BCUT2D eigenvalue weighted by atomic mass is 16.2. The number of carbonyl (C=O) groups is 1. The Balaban J connectivity index is 1.67. The maximum atomic E-state index is 13.3. The minimum atomic E-state index is -0.0202. The van der Waals surface area contributed by atoms with Crippen LogP contribution in [0.3, 0.4) is 0 Å². The molecule has 2 aromatic rings. The molecule has 2 aliphatic heterocycles. The molecular formula is C21H26N4O2. The predicted octanol–water partition coefficient (Wildman–Crippen LogP) is 1.88. The zero-order valence-electron chi connectivity index (χ0n) is 16.0. The lowest BCUT2D eigenvalue weighted by Crippen LogP contribution is -2.44. The van der Waals surface area contributed by atoms with Crippen LogP contribution in [-0.4, -0.2) is 52.4 Å². The zero-order valence-corrected chi connectivity index (χ0v) is 16.0. The molecule has 1 aromatic heterocycles. The molecule has 0 bridgehead atoms. The SMILES string of the molecule is CN(C)C[C@@H]1CCCc2nc3c(c(=O)n21)CN(C(=O)c1ccccc1)CC3. The van der Waals surface area contributed by atoms with Crippen LogP contribution in [-0.2, 0) is 19.4 Å². The van der Waals surface area contributed by atoms with Gasteiger partial charge in [0, 0.05) is 31.5 Å². The summed E-state index contributed by atoms with van der Waals surface area (Å²) < 4.78 is 1.90. The third-order valence-corrected chi connectivity index (χ3v) is 5.52. The summed E-state index contributed by atoms with van der Waals surface area (Å²) >= 11 is 0. The third-order valence-electron chi connectivity index (χ3n) is 5.52. The summed E-state index contributed by atoms with van der Waals surface area (Å²) in [6, 6.07) is 9.43. The van der Waals surface area contributed by atoms with Crippen LogP contribution in [0.25, 0.3) is 0 Å². The lowest BCUT2D eigenvalue weighted by molar-refractivity contribution is 0.0731. The van der Waals surface area contributed by atoms with E-state index in [4.69, 9.17) is 4.98 Å². The number of fused-ring (bicyclic) bond motifs is 2. The number of benzene rings is 1. The summed E-state index contributed by atoms with van der Waals surface area (Å²) in [6.45, 7) is 1.79. The molecule has 2 aliphatic rings. The van der Waals surface area contributed by atoms with Gasteiger partial charge in [-0.1, -0.05) is 18.2 Å². The molecule has 0 fully saturated rings. The number of hydrogen-bond acceptors (Lipinski definition) is 4. The van der Waals surface area contributed by atoms with Gasteiger partial charge in [0.1, 0.15) is 5.82 Å². The van der Waals surface area contributed by atoms with Gasteiger partial charge >= 0.3 is 0 Å². The third kappa shape index (κ3) is 3.41. The molecule has 6 heteroatoms. The Hall–Kier alpha value is -2.47. The van der Waals surface area contributed by atoms with Gasteiger partial charge in [-0.2, -0.15) is 0 Å². The number of rotatable bonds is 3. The van der Waals surface area contributed by atoms with Gasteiger partial charge in [-0.05, 0) is 39.1 Å². The fourth-order valence-corrected chi connectivity index (χ4v) is 4.25. The number of hydrogen-bond donors (Lipinski definition) is 0. The summed E-state index contributed by atoms with van der Waals surface area (Å²) in [5.74, 6) is 0.896. The minimum absolute atomic E-state index is 0.0202. The average molecular weight is 366 g/mol. The van der Waals surface area contributed by atoms with E-state index in [-0.39, 0.29) is 17.5 Å². The minimum Gasteiger partial charge on any atom is -0.334 e. The van der Waals surface area contributed by atoms with Crippen molar-refractivity contribution in [1.29, 1.82) is 0 Å². The molecule has 27 heavy (non-hydrogen) atoms. The Morgan fingerprint density at radius 3 is 2.74 bits per heavy atom. The van der Waals surface area contributed by atoms with Crippen LogP contribution in [0.1, 0.15) is 46.3 Å². The average Bonchev–Trinajstić information content (AvgIpc) is 2.67. The Labute approximate surface area is 159 Å². The Kier molecular flexibility index (Phi) is 4.83. The maximum Gasteiger partial charge on any atom is 0.259 e. The highest BCUT2D eigenvalue weighted by Crippen LogP contribution is 2.25. The van der Waals surface area contributed by atoms with Crippen molar-refractivity contribution < 1.29 is 4.79 Å². The highest BCUT2D eigenvalue weighted by molar-refractivity contribution is 5.94. The van der Waals surface area contributed by atoms with Crippen molar-refractivity contribution >= 4 is 5.91 Å². The molecule has 142 valence electrons. The topological polar surface area (TPSA) is 58.4 Å². The van der Waals surface area contributed by atoms with Crippen LogP contribution in [0, 0.1) is 0 Å². The first-order valence-electron chi connectivity index (χ1n) is 9.67. The van der Waals surface area contributed by atoms with E-state index >= 15 is 0 Å². The van der Waals surface area contributed by atoms with Crippen LogP contribution in [0.2, 0.25) is 0 Å². The Morgan fingerprint density at radius 1 is 1.22 bits per heavy atom. The number of amides is 1. The molecule has 3 heterocycles. The lowest BCUT2D eigenvalue weighted by Gasteiger charge is -2.33. The fourth-order valence-electron chi connectivity index (χ4n) is 4.25. The molecule has 6 nitrogen and oxygen atoms in total. The summed E-state index contributed by atoms with van der Waals surface area (Å²) in [7, 11) is 4.07. The predicted molar refractivity (Wildman–Crippen MR) is 104 cm³/mol. The lowest BCUT2D eigenvalue weighted by atomic mass is 10.00. The second-order valence-corrected chi connectivity index (χ2v) is 7.78. The quantitative estimate of drug-likeness (QED) is 0.832. The van der Waals surface area contributed by atoms with E-state index < -0.39 is 0 Å². The molecule has 0 saturated carbocycles. The number of aromatic nitrogens is 2. The van der Waals surface area contributed by atoms with Gasteiger partial charge in [0.05, 0.1) is 23.8 Å². The molecule has 1 atom stereocenters. The van der Waals surface area contributed by atoms with Crippen molar-refractivity contribution in [2.45, 2.75) is 38.3 Å². The molecule has 0 N–H and O–H groups in total. The number of likely N-dealkylation sites (N-methyl/N-ethyl adjacent to an activating group) is 1. The highest BCUT2D eigenvalue weighted by Gasteiger charge is 2.30. The summed E-state index contributed by atoms with van der Waals surface area (Å²) in [5, 5.41) is 0. The normalized spacial score (nSPS) is 18.9. The van der Waals surface area contributed by atoms with Crippen LogP contribution in [0.5, 0.6) is 0 Å². The molecule has 0 radical (unpaired) electrons. The van der Waals surface area contributed by atoms with Gasteiger partial charge in [-0.25, -0.2) is 4.98 Å². The van der Waals surface area contributed by atoms with E-state index in [9.17, 15) is 9.59 Å². The molecule has 4 rings (SSSR count). The second kappa shape index (κ2) is 7.27. The zero-order chi connectivity index (χ0) is 19.0. The molecule has 0 aliphatic carbocycles. The standard InChI is InChI=1S/C21H26N4O2/c1-23(2)13-16-9-6-10-19-22-18-11-12-24(14-17(18)21(27)25(16)19)20(26)15-7-4-3-5-8-15/h3-5,7-8,16H,6,9-14H2,1-2H3/t16-/m0/s1. The molecule has 0 saturated heterocycles. The van der Waals surface area contributed by atoms with Crippen molar-refractivity contribution in [2.24, 2.45) is 0 Å². The van der Waals surface area contributed by atoms with Gasteiger partial charge in [0.15, 0.2) is 0 Å². The van der Waals surface area contributed by atoms with Crippen LogP contribution in [0.15, 0.2) is 35.1 Å². The van der Waals surface area contributed by atoms with E-state index in [1.165, 1.54) is 0 Å². The van der Waals surface area contributed by atoms with Crippen LogP contribution in [0.4, 0.5) is 0 Å². The molecule has 1 amide bonds. The van der Waals surface area contributed by atoms with Crippen molar-refractivity contribution in [1.82, 2.24) is 19.4 Å². The second-order valence-electron chi connectivity index (χ2n) is 7.78. The summed E-state index contributed by atoms with van der Waals surface area (Å²) in [6.07, 6.45) is 3.58. The van der Waals surface area contributed by atoms with Gasteiger partial charge in [0.25, 0.3) is 11.5 Å². The Bertz CT molecular complexity index is 904. The largest absolute Gasteiger partial charge is 0.334 e. The maximum absolute atomic E-state index is 13.3. The monoisotopic (exact) mass is 366 g/mol. The Morgan fingerprint density at radius 2 is 2.00 bits per heavy atom. The summed E-state index contributed by atoms with van der Waals surface area (Å²) in [5.41, 5.74) is 2.29. The van der Waals surface area contributed by atoms with E-state index in [0.29, 0.717) is 30.6 Å². The van der Waals surface area contributed by atoms with Crippen molar-refractivity contribution in [3.63, 3.8) is 0 Å². The molecule has 1 aromatic carbocycles.